The van der Waals surface area contributed by atoms with Crippen molar-refractivity contribution in [2.24, 2.45) is 0 Å². The second-order valence-corrected chi connectivity index (χ2v) is 7.22. The minimum Gasteiger partial charge on any atom is -0.447 e. The van der Waals surface area contributed by atoms with Crippen LogP contribution in [0.25, 0.3) is 5.65 Å². The Morgan fingerprint density at radius 2 is 2.00 bits per heavy atom. The molecule has 160 valence electrons. The molecule has 0 aliphatic carbocycles. The van der Waals surface area contributed by atoms with Gasteiger partial charge < -0.3 is 19.2 Å². The van der Waals surface area contributed by atoms with Gasteiger partial charge >= 0.3 is 6.09 Å². The summed E-state index contributed by atoms with van der Waals surface area (Å²) in [5.41, 5.74) is 6.61. The van der Waals surface area contributed by atoms with Gasteiger partial charge in [-0.2, -0.15) is 0 Å². The number of hydrogen-bond donors (Lipinski definition) is 1. The first kappa shape index (κ1) is 21.9. The van der Waals surface area contributed by atoms with Crippen LogP contribution in [0.1, 0.15) is 22.5 Å². The van der Waals surface area contributed by atoms with Gasteiger partial charge in [0.15, 0.2) is 5.65 Å². The molecule has 3 rings (SSSR count). The SMILES string of the molecule is COCCOC(=O)N(CCl)c1cccc(C)c1CNc1cccn2c(C)c(C)nc12. The molecule has 0 unspecified atom stereocenters. The number of ether oxygens (including phenoxy) is 2. The van der Waals surface area contributed by atoms with E-state index >= 15 is 0 Å². The zero-order valence-corrected chi connectivity index (χ0v) is 18.5. The average Bonchev–Trinajstić information content (AvgIpc) is 3.03. The van der Waals surface area contributed by atoms with Crippen molar-refractivity contribution < 1.29 is 14.3 Å². The van der Waals surface area contributed by atoms with Crippen molar-refractivity contribution in [3.63, 3.8) is 0 Å². The Hall–Kier alpha value is -2.77. The predicted octanol–water partition coefficient (Wildman–Crippen LogP) is 4.66. The number of amides is 1. The van der Waals surface area contributed by atoms with Crippen molar-refractivity contribution in [3.8, 4) is 0 Å². The number of hydrogen-bond acceptors (Lipinski definition) is 5. The standard InChI is InChI=1S/C22H27ClN4O3/c1-15-7-5-9-20(27(14-23)22(28)30-12-11-29-4)18(15)13-24-19-8-6-10-26-17(3)16(2)25-21(19)26/h5-10,24H,11-14H2,1-4H3. The minimum atomic E-state index is -0.504. The van der Waals surface area contributed by atoms with Gasteiger partial charge in [-0.15, -0.1) is 11.6 Å². The van der Waals surface area contributed by atoms with Gasteiger partial charge in [0.1, 0.15) is 12.6 Å². The number of carbonyl (C=O) groups is 1. The third-order valence-corrected chi connectivity index (χ3v) is 5.35. The Bertz CT molecular complexity index is 1030. The molecule has 30 heavy (non-hydrogen) atoms. The highest BCUT2D eigenvalue weighted by atomic mass is 35.5. The van der Waals surface area contributed by atoms with Crippen molar-refractivity contribution in [1.29, 1.82) is 0 Å². The Morgan fingerprint density at radius 1 is 1.20 bits per heavy atom. The summed E-state index contributed by atoms with van der Waals surface area (Å²) in [6.45, 7) is 7.06. The maximum absolute atomic E-state index is 12.5. The molecular formula is C22H27ClN4O3. The fourth-order valence-corrected chi connectivity index (χ4v) is 3.52. The highest BCUT2D eigenvalue weighted by Crippen LogP contribution is 2.27. The molecule has 2 aromatic heterocycles. The first-order valence-electron chi connectivity index (χ1n) is 9.73. The number of benzene rings is 1. The Balaban J connectivity index is 1.87. The number of methoxy groups -OCH3 is 1. The molecule has 0 atom stereocenters. The lowest BCUT2D eigenvalue weighted by Crippen LogP contribution is -2.32. The van der Waals surface area contributed by atoms with Gasteiger partial charge in [-0.25, -0.2) is 9.78 Å². The quantitative estimate of drug-likeness (QED) is 0.320. The lowest BCUT2D eigenvalue weighted by molar-refractivity contribution is 0.103. The molecule has 3 aromatic rings. The van der Waals surface area contributed by atoms with E-state index in [9.17, 15) is 4.79 Å². The highest BCUT2D eigenvalue weighted by molar-refractivity contribution is 6.21. The van der Waals surface area contributed by atoms with Gasteiger partial charge in [0, 0.05) is 25.5 Å². The predicted molar refractivity (Wildman–Crippen MR) is 120 cm³/mol. The summed E-state index contributed by atoms with van der Waals surface area (Å²) in [6.07, 6.45) is 1.50. The maximum Gasteiger partial charge on any atom is 0.415 e. The fourth-order valence-electron chi connectivity index (χ4n) is 3.29. The van der Waals surface area contributed by atoms with Crippen molar-refractivity contribution in [1.82, 2.24) is 9.38 Å². The van der Waals surface area contributed by atoms with Crippen molar-refractivity contribution in [3.05, 3.63) is 59.0 Å². The summed E-state index contributed by atoms with van der Waals surface area (Å²) in [5, 5.41) is 3.47. The Labute approximate surface area is 181 Å². The molecule has 0 aliphatic heterocycles. The normalized spacial score (nSPS) is 11.0. The van der Waals surface area contributed by atoms with Crippen LogP contribution in [0.3, 0.4) is 0 Å². The third-order valence-electron chi connectivity index (χ3n) is 5.11. The van der Waals surface area contributed by atoms with E-state index in [1.165, 1.54) is 4.90 Å². The third kappa shape index (κ3) is 4.52. The van der Waals surface area contributed by atoms with Crippen LogP contribution in [0, 0.1) is 20.8 Å². The van der Waals surface area contributed by atoms with Crippen LogP contribution in [0.15, 0.2) is 36.5 Å². The summed E-state index contributed by atoms with van der Waals surface area (Å²) < 4.78 is 12.3. The molecule has 2 heterocycles. The van der Waals surface area contributed by atoms with Crippen molar-refractivity contribution >= 4 is 34.7 Å². The number of rotatable bonds is 8. The molecule has 0 saturated heterocycles. The van der Waals surface area contributed by atoms with Gasteiger partial charge in [-0.3, -0.25) is 4.90 Å². The van der Waals surface area contributed by atoms with E-state index in [4.69, 9.17) is 21.1 Å². The zero-order chi connectivity index (χ0) is 21.7. The number of aromatic nitrogens is 2. The average molecular weight is 431 g/mol. The van der Waals surface area contributed by atoms with Gasteiger partial charge in [0.05, 0.1) is 23.7 Å². The molecule has 7 nitrogen and oxygen atoms in total. The lowest BCUT2D eigenvalue weighted by atomic mass is 10.1. The number of nitrogens with zero attached hydrogens (tertiary/aromatic N) is 3. The number of anilines is 2. The number of halogens is 1. The molecular weight excluding hydrogens is 404 g/mol. The molecule has 0 spiro atoms. The molecule has 0 fully saturated rings. The van der Waals surface area contributed by atoms with Gasteiger partial charge in [-0.05, 0) is 50.1 Å². The summed E-state index contributed by atoms with van der Waals surface area (Å²) in [5.74, 6) is 0. The smallest absolute Gasteiger partial charge is 0.415 e. The Kier molecular flexibility index (Phi) is 7.18. The van der Waals surface area contributed by atoms with E-state index in [1.54, 1.807) is 7.11 Å². The molecule has 8 heteroatoms. The fraction of sp³-hybridized carbons (Fsp3) is 0.364. The second-order valence-electron chi connectivity index (χ2n) is 6.98. The maximum atomic E-state index is 12.5. The molecule has 0 radical (unpaired) electrons. The van der Waals surface area contributed by atoms with Crippen LogP contribution in [-0.4, -0.2) is 41.8 Å². The second kappa shape index (κ2) is 9.82. The van der Waals surface area contributed by atoms with Gasteiger partial charge in [-0.1, -0.05) is 12.1 Å². The van der Waals surface area contributed by atoms with Gasteiger partial charge in [0.25, 0.3) is 0 Å². The number of imidazole rings is 1. The first-order valence-corrected chi connectivity index (χ1v) is 10.3. The van der Waals surface area contributed by atoms with Crippen molar-refractivity contribution in [2.45, 2.75) is 27.3 Å². The Morgan fingerprint density at radius 3 is 2.73 bits per heavy atom. The largest absolute Gasteiger partial charge is 0.447 e. The first-order chi connectivity index (χ1) is 14.5. The lowest BCUT2D eigenvalue weighted by Gasteiger charge is -2.24. The van der Waals surface area contributed by atoms with Crippen LogP contribution in [0.5, 0.6) is 0 Å². The van der Waals surface area contributed by atoms with E-state index < -0.39 is 6.09 Å². The number of alkyl halides is 1. The van der Waals surface area contributed by atoms with Gasteiger partial charge in [0.2, 0.25) is 0 Å². The molecule has 1 amide bonds. The van der Waals surface area contributed by atoms with E-state index in [1.807, 2.05) is 57.3 Å². The highest BCUT2D eigenvalue weighted by Gasteiger charge is 2.20. The minimum absolute atomic E-state index is 0.0174. The molecule has 1 aromatic carbocycles. The number of carbonyl (C=O) groups excluding carboxylic acids is 1. The molecule has 0 bridgehead atoms. The molecule has 1 N–H and O–H groups in total. The van der Waals surface area contributed by atoms with Crippen LogP contribution < -0.4 is 10.2 Å². The van der Waals surface area contributed by atoms with Crippen molar-refractivity contribution in [2.75, 3.05) is 36.5 Å². The molecule has 0 aliphatic rings. The number of fused-ring (bicyclic) bond motifs is 1. The number of nitrogens with one attached hydrogen (secondary N) is 1. The van der Waals surface area contributed by atoms with E-state index in [-0.39, 0.29) is 12.6 Å². The number of aryl methyl sites for hydroxylation is 3. The molecule has 0 saturated carbocycles. The summed E-state index contributed by atoms with van der Waals surface area (Å²) >= 11 is 6.11. The summed E-state index contributed by atoms with van der Waals surface area (Å²) in [7, 11) is 1.56. The van der Waals surface area contributed by atoms with Crippen LogP contribution >= 0.6 is 11.6 Å². The number of pyridine rings is 1. The summed E-state index contributed by atoms with van der Waals surface area (Å²) in [4.78, 5) is 18.6. The van der Waals surface area contributed by atoms with E-state index in [0.717, 1.165) is 33.8 Å². The van der Waals surface area contributed by atoms with Crippen LogP contribution in [-0.2, 0) is 16.0 Å². The van der Waals surface area contributed by atoms with Crippen LogP contribution in [0.4, 0.5) is 16.2 Å². The monoisotopic (exact) mass is 430 g/mol. The van der Waals surface area contributed by atoms with E-state index in [0.29, 0.717) is 18.8 Å². The topological polar surface area (TPSA) is 68.1 Å². The zero-order valence-electron chi connectivity index (χ0n) is 17.7. The van der Waals surface area contributed by atoms with Crippen LogP contribution in [0.2, 0.25) is 0 Å². The summed E-state index contributed by atoms with van der Waals surface area (Å²) in [6, 6.07) is 9.74. The van der Waals surface area contributed by atoms with E-state index in [2.05, 4.69) is 14.7 Å².